The normalized spacial score (nSPS) is 14.7. The average Bonchev–Trinajstić information content (AvgIpc) is 2.53. The van der Waals surface area contributed by atoms with Gasteiger partial charge in [0.1, 0.15) is 0 Å². The van der Waals surface area contributed by atoms with Crippen molar-refractivity contribution < 1.29 is 27.9 Å². The maximum Gasteiger partial charge on any atom is 0.418 e. The van der Waals surface area contributed by atoms with Crippen LogP contribution in [-0.2, 0) is 11.0 Å². The van der Waals surface area contributed by atoms with Crippen LogP contribution in [0.2, 0.25) is 0 Å². The fraction of sp³-hybridized carbons (Fsp3) is 0.250. The largest absolute Gasteiger partial charge is 0.476 e. The van der Waals surface area contributed by atoms with Gasteiger partial charge in [-0.2, -0.15) is 13.2 Å². The van der Waals surface area contributed by atoms with Gasteiger partial charge in [0.25, 0.3) is 0 Å². The molecule has 1 saturated heterocycles. The van der Waals surface area contributed by atoms with E-state index in [2.05, 4.69) is 15.5 Å². The molecular weight excluding hydrogens is 353 g/mol. The van der Waals surface area contributed by atoms with Crippen LogP contribution >= 0.6 is 0 Å². The predicted molar refractivity (Wildman–Crippen MR) is 84.8 cm³/mol. The summed E-state index contributed by atoms with van der Waals surface area (Å²) >= 11 is 0. The molecule has 2 aromatic rings. The van der Waals surface area contributed by atoms with Gasteiger partial charge in [-0.05, 0) is 24.3 Å². The highest BCUT2D eigenvalue weighted by Gasteiger charge is 2.37. The number of benzene rings is 1. The van der Waals surface area contributed by atoms with E-state index in [4.69, 9.17) is 5.11 Å². The predicted octanol–water partition coefficient (Wildman–Crippen LogP) is 2.27. The Morgan fingerprint density at radius 3 is 2.38 bits per heavy atom. The fourth-order valence-electron chi connectivity index (χ4n) is 2.51. The van der Waals surface area contributed by atoms with Crippen molar-refractivity contribution in [1.29, 1.82) is 0 Å². The highest BCUT2D eigenvalue weighted by atomic mass is 19.4. The lowest BCUT2D eigenvalue weighted by atomic mass is 9.98. The number of aromatic carboxylic acids is 1. The third-order valence-electron chi connectivity index (χ3n) is 3.94. The molecule has 0 saturated carbocycles. The minimum absolute atomic E-state index is 0.202. The number of nitrogens with zero attached hydrogens (tertiary/aromatic N) is 3. The number of nitrogens with one attached hydrogen (secondary N) is 1. The molecular formula is C16H13F3N4O3. The number of rotatable bonds is 4. The average molecular weight is 366 g/mol. The zero-order valence-electron chi connectivity index (χ0n) is 13.2. The van der Waals surface area contributed by atoms with Gasteiger partial charge in [0.15, 0.2) is 11.5 Å². The van der Waals surface area contributed by atoms with E-state index in [0.717, 1.165) is 6.07 Å². The Hall–Kier alpha value is -3.17. The molecule has 1 fully saturated rings. The standard InChI is InChI=1S/C16H13F3N4O3/c17-16(18,19)10-3-1-2-4-11(10)20-14(24)9-7-23(8-9)13-6-5-12(15(25)26)21-22-13/h1-6,9H,7-8H2,(H,20,24)(H,25,26). The van der Waals surface area contributed by atoms with Crippen LogP contribution in [0.25, 0.3) is 0 Å². The summed E-state index contributed by atoms with van der Waals surface area (Å²) in [5.74, 6) is -1.83. The summed E-state index contributed by atoms with van der Waals surface area (Å²) in [6.45, 7) is 0.502. The molecule has 10 heteroatoms. The van der Waals surface area contributed by atoms with Crippen molar-refractivity contribution in [2.45, 2.75) is 6.18 Å². The molecule has 2 heterocycles. The Balaban J connectivity index is 1.61. The lowest BCUT2D eigenvalue weighted by Crippen LogP contribution is -2.52. The van der Waals surface area contributed by atoms with Crippen molar-refractivity contribution in [3.8, 4) is 0 Å². The Labute approximate surface area is 145 Å². The minimum Gasteiger partial charge on any atom is -0.476 e. The lowest BCUT2D eigenvalue weighted by Gasteiger charge is -2.38. The number of carboxylic acids is 1. The van der Waals surface area contributed by atoms with Crippen LogP contribution in [0.15, 0.2) is 36.4 Å². The number of alkyl halides is 3. The number of halogens is 3. The molecule has 0 unspecified atom stereocenters. The van der Waals surface area contributed by atoms with E-state index in [9.17, 15) is 22.8 Å². The first-order valence-electron chi connectivity index (χ1n) is 7.55. The van der Waals surface area contributed by atoms with Crippen LogP contribution < -0.4 is 10.2 Å². The van der Waals surface area contributed by atoms with Crippen LogP contribution in [0.3, 0.4) is 0 Å². The van der Waals surface area contributed by atoms with Crippen LogP contribution in [-0.4, -0.2) is 40.3 Å². The van der Waals surface area contributed by atoms with E-state index in [1.807, 2.05) is 0 Å². The minimum atomic E-state index is -4.56. The molecule has 1 aliphatic heterocycles. The molecule has 2 N–H and O–H groups in total. The molecule has 0 bridgehead atoms. The third kappa shape index (κ3) is 3.58. The summed E-state index contributed by atoms with van der Waals surface area (Å²) in [6, 6.07) is 7.53. The molecule has 26 heavy (non-hydrogen) atoms. The van der Waals surface area contributed by atoms with Crippen molar-refractivity contribution in [2.75, 3.05) is 23.3 Å². The Morgan fingerprint density at radius 1 is 1.12 bits per heavy atom. The van der Waals surface area contributed by atoms with Gasteiger partial charge in [0.05, 0.1) is 17.2 Å². The second-order valence-electron chi connectivity index (χ2n) is 5.72. The van der Waals surface area contributed by atoms with Crippen LogP contribution in [0, 0.1) is 5.92 Å². The second-order valence-corrected chi connectivity index (χ2v) is 5.72. The summed E-state index contributed by atoms with van der Waals surface area (Å²) < 4.78 is 38.9. The molecule has 0 aliphatic carbocycles. The monoisotopic (exact) mass is 366 g/mol. The number of hydrogen-bond acceptors (Lipinski definition) is 5. The van der Waals surface area contributed by atoms with Crippen molar-refractivity contribution in [3.05, 3.63) is 47.7 Å². The van der Waals surface area contributed by atoms with Gasteiger partial charge in [-0.1, -0.05) is 12.1 Å². The lowest BCUT2D eigenvalue weighted by molar-refractivity contribution is -0.137. The van der Waals surface area contributed by atoms with E-state index in [1.54, 1.807) is 4.90 Å². The number of para-hydroxylation sites is 1. The van der Waals surface area contributed by atoms with Gasteiger partial charge in [0, 0.05) is 13.1 Å². The zero-order chi connectivity index (χ0) is 18.9. The molecule has 1 aromatic carbocycles. The van der Waals surface area contributed by atoms with E-state index in [-0.39, 0.29) is 24.5 Å². The summed E-state index contributed by atoms with van der Waals surface area (Å²) in [5.41, 5.74) is -1.39. The Kier molecular flexibility index (Phi) is 4.49. The molecule has 1 amide bonds. The van der Waals surface area contributed by atoms with Crippen LogP contribution in [0.5, 0.6) is 0 Å². The first-order chi connectivity index (χ1) is 12.3. The van der Waals surface area contributed by atoms with Crippen molar-refractivity contribution in [1.82, 2.24) is 10.2 Å². The van der Waals surface area contributed by atoms with Crippen LogP contribution in [0.4, 0.5) is 24.7 Å². The summed E-state index contributed by atoms with van der Waals surface area (Å²) in [7, 11) is 0. The van der Waals surface area contributed by atoms with Crippen LogP contribution in [0.1, 0.15) is 16.1 Å². The van der Waals surface area contributed by atoms with Gasteiger partial charge in [-0.25, -0.2) is 4.79 Å². The van der Waals surface area contributed by atoms with Crippen molar-refractivity contribution in [3.63, 3.8) is 0 Å². The van der Waals surface area contributed by atoms with E-state index in [0.29, 0.717) is 5.82 Å². The first-order valence-corrected chi connectivity index (χ1v) is 7.55. The van der Waals surface area contributed by atoms with Gasteiger partial charge >= 0.3 is 12.1 Å². The van der Waals surface area contributed by atoms with Gasteiger partial charge in [-0.15, -0.1) is 10.2 Å². The molecule has 1 aromatic heterocycles. The fourth-order valence-corrected chi connectivity index (χ4v) is 2.51. The SMILES string of the molecule is O=C(O)c1ccc(N2CC(C(=O)Nc3ccccc3C(F)(F)F)C2)nn1. The second kappa shape index (κ2) is 6.62. The first kappa shape index (κ1) is 17.6. The zero-order valence-corrected chi connectivity index (χ0v) is 13.2. The number of carboxylic acid groups (broad SMARTS) is 1. The van der Waals surface area contributed by atoms with E-state index < -0.39 is 29.5 Å². The summed E-state index contributed by atoms with van der Waals surface area (Å²) in [6.07, 6.45) is -4.56. The topological polar surface area (TPSA) is 95.4 Å². The third-order valence-corrected chi connectivity index (χ3v) is 3.94. The number of carbonyl (C=O) groups is 2. The smallest absolute Gasteiger partial charge is 0.418 e. The Bertz CT molecular complexity index is 833. The molecule has 3 rings (SSSR count). The molecule has 136 valence electrons. The maximum absolute atomic E-state index is 13.0. The molecule has 0 atom stereocenters. The summed E-state index contributed by atoms with van der Waals surface area (Å²) in [4.78, 5) is 24.6. The molecule has 0 spiro atoms. The Morgan fingerprint density at radius 2 is 1.81 bits per heavy atom. The molecule has 0 radical (unpaired) electrons. The van der Waals surface area contributed by atoms with E-state index >= 15 is 0 Å². The number of amides is 1. The van der Waals surface area contributed by atoms with Gasteiger partial charge in [-0.3, -0.25) is 4.79 Å². The van der Waals surface area contributed by atoms with Crippen molar-refractivity contribution >= 4 is 23.4 Å². The quantitative estimate of drug-likeness (QED) is 0.862. The van der Waals surface area contributed by atoms with Crippen molar-refractivity contribution in [2.24, 2.45) is 5.92 Å². The number of aromatic nitrogens is 2. The van der Waals surface area contributed by atoms with Gasteiger partial charge < -0.3 is 15.3 Å². The summed E-state index contributed by atoms with van der Waals surface area (Å²) in [5, 5.41) is 18.4. The maximum atomic E-state index is 13.0. The number of carbonyl (C=O) groups excluding carboxylic acids is 1. The number of anilines is 2. The van der Waals surface area contributed by atoms with Gasteiger partial charge in [0.2, 0.25) is 5.91 Å². The number of hydrogen-bond donors (Lipinski definition) is 2. The molecule has 1 aliphatic rings. The highest BCUT2D eigenvalue weighted by Crippen LogP contribution is 2.35. The molecule has 7 nitrogen and oxygen atoms in total. The highest BCUT2D eigenvalue weighted by molar-refractivity contribution is 5.95. The van der Waals surface area contributed by atoms with E-state index in [1.165, 1.54) is 30.3 Å².